The van der Waals surface area contributed by atoms with Gasteiger partial charge < -0.3 is 19.1 Å². The SMILES string of the molecule is CCCCN(Cc1cccn1C)C(=O)CN(CCOC)C(=O)c1ccc(C(C)(C)C)cc1. The second-order valence-corrected chi connectivity index (χ2v) is 9.33. The van der Waals surface area contributed by atoms with Crippen LogP contribution in [0.1, 0.15) is 62.2 Å². The topological polar surface area (TPSA) is 54.8 Å². The molecule has 176 valence electrons. The Morgan fingerprint density at radius 3 is 2.25 bits per heavy atom. The molecule has 1 aromatic carbocycles. The van der Waals surface area contributed by atoms with E-state index in [0.717, 1.165) is 18.5 Å². The van der Waals surface area contributed by atoms with Crippen molar-refractivity contribution in [2.24, 2.45) is 7.05 Å². The summed E-state index contributed by atoms with van der Waals surface area (Å²) >= 11 is 0. The molecular weight excluding hydrogens is 402 g/mol. The molecule has 0 radical (unpaired) electrons. The number of unbranched alkanes of at least 4 members (excludes halogenated alkanes) is 1. The fourth-order valence-electron chi connectivity index (χ4n) is 3.51. The summed E-state index contributed by atoms with van der Waals surface area (Å²) in [6.45, 7) is 10.5. The van der Waals surface area contributed by atoms with Gasteiger partial charge in [0.05, 0.1) is 13.2 Å². The Bertz CT molecular complexity index is 865. The maximum atomic E-state index is 13.3. The van der Waals surface area contributed by atoms with Crippen molar-refractivity contribution in [1.82, 2.24) is 14.4 Å². The minimum atomic E-state index is -0.148. The molecular formula is C26H39N3O3. The van der Waals surface area contributed by atoms with Crippen molar-refractivity contribution in [3.05, 3.63) is 59.4 Å². The number of aryl methyl sites for hydroxylation is 1. The number of methoxy groups -OCH3 is 1. The van der Waals surface area contributed by atoms with Crippen molar-refractivity contribution >= 4 is 11.8 Å². The van der Waals surface area contributed by atoms with E-state index in [-0.39, 0.29) is 23.8 Å². The van der Waals surface area contributed by atoms with Crippen molar-refractivity contribution < 1.29 is 14.3 Å². The molecule has 6 heteroatoms. The van der Waals surface area contributed by atoms with Gasteiger partial charge in [0.2, 0.25) is 5.91 Å². The molecule has 1 heterocycles. The van der Waals surface area contributed by atoms with Crippen LogP contribution in [-0.4, -0.2) is 59.5 Å². The molecule has 0 atom stereocenters. The van der Waals surface area contributed by atoms with Crippen LogP contribution >= 0.6 is 0 Å². The Kier molecular flexibility index (Phi) is 9.51. The summed E-state index contributed by atoms with van der Waals surface area (Å²) in [7, 11) is 3.58. The monoisotopic (exact) mass is 441 g/mol. The van der Waals surface area contributed by atoms with E-state index in [4.69, 9.17) is 4.74 Å². The average Bonchev–Trinajstić information content (AvgIpc) is 3.17. The van der Waals surface area contributed by atoms with Gasteiger partial charge >= 0.3 is 0 Å². The average molecular weight is 442 g/mol. The van der Waals surface area contributed by atoms with Crippen LogP contribution in [0.5, 0.6) is 0 Å². The molecule has 1 aromatic heterocycles. The molecule has 2 rings (SSSR count). The smallest absolute Gasteiger partial charge is 0.254 e. The minimum Gasteiger partial charge on any atom is -0.383 e. The van der Waals surface area contributed by atoms with Crippen LogP contribution in [0.4, 0.5) is 0 Å². The predicted molar refractivity (Wildman–Crippen MR) is 129 cm³/mol. The third-order valence-electron chi connectivity index (χ3n) is 5.72. The number of nitrogens with zero attached hydrogens (tertiary/aromatic N) is 3. The van der Waals surface area contributed by atoms with Gasteiger partial charge in [0.15, 0.2) is 0 Å². The zero-order valence-corrected chi connectivity index (χ0v) is 20.6. The minimum absolute atomic E-state index is 0.0179. The number of carbonyl (C=O) groups excluding carboxylic acids is 2. The second kappa shape index (κ2) is 11.9. The van der Waals surface area contributed by atoms with Gasteiger partial charge in [0.1, 0.15) is 6.54 Å². The van der Waals surface area contributed by atoms with E-state index in [1.165, 1.54) is 5.56 Å². The molecule has 0 spiro atoms. The first kappa shape index (κ1) is 25.7. The summed E-state index contributed by atoms with van der Waals surface area (Å²) in [5, 5.41) is 0. The van der Waals surface area contributed by atoms with Crippen molar-refractivity contribution in [3.8, 4) is 0 Å². The Morgan fingerprint density at radius 2 is 1.72 bits per heavy atom. The molecule has 6 nitrogen and oxygen atoms in total. The first-order valence-electron chi connectivity index (χ1n) is 11.4. The van der Waals surface area contributed by atoms with E-state index in [1.54, 1.807) is 12.0 Å². The van der Waals surface area contributed by atoms with E-state index >= 15 is 0 Å². The highest BCUT2D eigenvalue weighted by Crippen LogP contribution is 2.22. The quantitative estimate of drug-likeness (QED) is 0.524. The number of hydrogen-bond acceptors (Lipinski definition) is 3. The van der Waals surface area contributed by atoms with Gasteiger partial charge in [0.25, 0.3) is 5.91 Å². The van der Waals surface area contributed by atoms with Gasteiger partial charge in [-0.15, -0.1) is 0 Å². The molecule has 0 aliphatic heterocycles. The Labute approximate surface area is 193 Å². The lowest BCUT2D eigenvalue weighted by atomic mass is 9.86. The van der Waals surface area contributed by atoms with Crippen LogP contribution in [0.25, 0.3) is 0 Å². The predicted octanol–water partition coefficient (Wildman–Crippen LogP) is 4.24. The van der Waals surface area contributed by atoms with E-state index in [2.05, 4.69) is 27.7 Å². The Balaban J connectivity index is 2.18. The fraction of sp³-hybridized carbons (Fsp3) is 0.538. The number of ether oxygens (including phenoxy) is 1. The molecule has 0 unspecified atom stereocenters. The van der Waals surface area contributed by atoms with E-state index in [9.17, 15) is 9.59 Å². The number of aromatic nitrogens is 1. The van der Waals surface area contributed by atoms with Crippen molar-refractivity contribution in [1.29, 1.82) is 0 Å². The largest absolute Gasteiger partial charge is 0.383 e. The summed E-state index contributed by atoms with van der Waals surface area (Å²) in [6, 6.07) is 11.7. The molecule has 0 saturated carbocycles. The van der Waals surface area contributed by atoms with Crippen molar-refractivity contribution in [2.45, 2.75) is 52.5 Å². The first-order chi connectivity index (χ1) is 15.2. The highest BCUT2D eigenvalue weighted by molar-refractivity contribution is 5.96. The summed E-state index contributed by atoms with van der Waals surface area (Å²) in [6.07, 6.45) is 3.91. The van der Waals surface area contributed by atoms with Crippen LogP contribution < -0.4 is 0 Å². The molecule has 0 bridgehead atoms. The van der Waals surface area contributed by atoms with Crippen LogP contribution in [0.2, 0.25) is 0 Å². The Hall–Kier alpha value is -2.60. The molecule has 2 amide bonds. The summed E-state index contributed by atoms with van der Waals surface area (Å²) in [5.74, 6) is -0.194. The zero-order valence-electron chi connectivity index (χ0n) is 20.6. The van der Waals surface area contributed by atoms with Crippen molar-refractivity contribution in [2.75, 3.05) is 33.4 Å². The van der Waals surface area contributed by atoms with E-state index in [1.807, 2.05) is 59.1 Å². The van der Waals surface area contributed by atoms with E-state index < -0.39 is 0 Å². The van der Waals surface area contributed by atoms with Gasteiger partial charge in [-0.1, -0.05) is 46.2 Å². The fourth-order valence-corrected chi connectivity index (χ4v) is 3.51. The van der Waals surface area contributed by atoms with Crippen LogP contribution in [0, 0.1) is 0 Å². The highest BCUT2D eigenvalue weighted by Gasteiger charge is 2.23. The van der Waals surface area contributed by atoms with Gasteiger partial charge in [0, 0.05) is 44.7 Å². The molecule has 0 N–H and O–H groups in total. The molecule has 0 aliphatic rings. The zero-order chi connectivity index (χ0) is 23.7. The summed E-state index contributed by atoms with van der Waals surface area (Å²) < 4.78 is 7.23. The second-order valence-electron chi connectivity index (χ2n) is 9.33. The first-order valence-corrected chi connectivity index (χ1v) is 11.4. The molecule has 0 aliphatic carbocycles. The summed E-state index contributed by atoms with van der Waals surface area (Å²) in [4.78, 5) is 30.0. The molecule has 32 heavy (non-hydrogen) atoms. The van der Waals surface area contributed by atoms with Gasteiger partial charge in [-0.25, -0.2) is 0 Å². The number of benzene rings is 1. The van der Waals surface area contributed by atoms with Crippen LogP contribution in [0.15, 0.2) is 42.6 Å². The number of rotatable bonds is 11. The lowest BCUT2D eigenvalue weighted by molar-refractivity contribution is -0.132. The highest BCUT2D eigenvalue weighted by atomic mass is 16.5. The normalized spacial score (nSPS) is 11.4. The van der Waals surface area contributed by atoms with Crippen LogP contribution in [0.3, 0.4) is 0 Å². The summed E-state index contributed by atoms with van der Waals surface area (Å²) in [5.41, 5.74) is 2.84. The number of carbonyl (C=O) groups is 2. The molecule has 2 aromatic rings. The van der Waals surface area contributed by atoms with E-state index in [0.29, 0.717) is 31.8 Å². The Morgan fingerprint density at radius 1 is 1.03 bits per heavy atom. The van der Waals surface area contributed by atoms with Gasteiger partial charge in [-0.3, -0.25) is 9.59 Å². The maximum absolute atomic E-state index is 13.3. The van der Waals surface area contributed by atoms with Crippen LogP contribution in [-0.2, 0) is 28.5 Å². The third-order valence-corrected chi connectivity index (χ3v) is 5.72. The lowest BCUT2D eigenvalue weighted by Gasteiger charge is -2.28. The standard InChI is InChI=1S/C26H39N3O3/c1-7-8-16-28(19-23-10-9-15-27(23)5)24(30)20-29(17-18-32-6)25(31)21-11-13-22(14-12-21)26(2,3)4/h9-15H,7-8,16-20H2,1-6H3. The third kappa shape index (κ3) is 7.23. The number of amides is 2. The molecule has 0 fully saturated rings. The molecule has 0 saturated heterocycles. The van der Waals surface area contributed by atoms with Gasteiger partial charge in [-0.05, 0) is 41.7 Å². The number of hydrogen-bond donors (Lipinski definition) is 0. The van der Waals surface area contributed by atoms with Crippen molar-refractivity contribution in [3.63, 3.8) is 0 Å². The van der Waals surface area contributed by atoms with Gasteiger partial charge in [-0.2, -0.15) is 0 Å². The lowest BCUT2D eigenvalue weighted by Crippen LogP contribution is -2.44. The maximum Gasteiger partial charge on any atom is 0.254 e.